The molecule has 0 unspecified atom stereocenters. The quantitative estimate of drug-likeness (QED) is 0.807. The second kappa shape index (κ2) is 5.18. The van der Waals surface area contributed by atoms with Crippen molar-refractivity contribution in [2.24, 2.45) is 0 Å². The molecule has 1 aliphatic rings. The Kier molecular flexibility index (Phi) is 3.61. The highest BCUT2D eigenvalue weighted by Gasteiger charge is 2.23. The number of nitrogens with zero attached hydrogens (tertiary/aromatic N) is 1. The van der Waals surface area contributed by atoms with Crippen molar-refractivity contribution in [3.8, 4) is 0 Å². The van der Waals surface area contributed by atoms with Gasteiger partial charge in [-0.2, -0.15) is 0 Å². The van der Waals surface area contributed by atoms with Crippen LogP contribution in [-0.4, -0.2) is 42.3 Å². The monoisotopic (exact) mass is 267 g/mol. The Bertz CT molecular complexity index is 497. The molecular formula is C11H13N3O3S. The van der Waals surface area contributed by atoms with Crippen LogP contribution in [-0.2, 0) is 9.59 Å². The summed E-state index contributed by atoms with van der Waals surface area (Å²) >= 11 is 1.21. The van der Waals surface area contributed by atoms with Gasteiger partial charge < -0.3 is 15.5 Å². The van der Waals surface area contributed by atoms with E-state index < -0.39 is 0 Å². The topological polar surface area (TPSA) is 78.5 Å². The van der Waals surface area contributed by atoms with Crippen LogP contribution in [0.2, 0.25) is 0 Å². The third kappa shape index (κ3) is 2.86. The van der Waals surface area contributed by atoms with Gasteiger partial charge in [0.25, 0.3) is 5.91 Å². The van der Waals surface area contributed by atoms with Gasteiger partial charge in [-0.3, -0.25) is 14.4 Å². The van der Waals surface area contributed by atoms with Gasteiger partial charge in [0.05, 0.1) is 16.4 Å². The predicted octanol–water partition coefficient (Wildman–Crippen LogP) is 0.279. The van der Waals surface area contributed by atoms with E-state index in [1.54, 1.807) is 12.1 Å². The molecule has 0 bridgehead atoms. The molecule has 6 nitrogen and oxygen atoms in total. The molecule has 3 amide bonds. The Hall–Kier alpha value is -1.89. The van der Waals surface area contributed by atoms with Gasteiger partial charge in [0, 0.05) is 20.0 Å². The van der Waals surface area contributed by atoms with E-state index in [0.717, 1.165) is 0 Å². The van der Waals surface area contributed by atoms with Gasteiger partial charge in [-0.15, -0.1) is 11.3 Å². The van der Waals surface area contributed by atoms with Crippen molar-refractivity contribution in [1.82, 2.24) is 10.2 Å². The number of anilines is 1. The number of hydrogen-bond donors (Lipinski definition) is 2. The lowest BCUT2D eigenvalue weighted by Crippen LogP contribution is -2.49. The molecule has 0 spiro atoms. The highest BCUT2D eigenvalue weighted by Crippen LogP contribution is 2.23. The molecule has 2 N–H and O–H groups in total. The van der Waals surface area contributed by atoms with Gasteiger partial charge in [0.2, 0.25) is 11.8 Å². The molecule has 1 aromatic heterocycles. The van der Waals surface area contributed by atoms with Crippen LogP contribution in [0.5, 0.6) is 0 Å². The number of piperazine rings is 1. The van der Waals surface area contributed by atoms with Crippen molar-refractivity contribution >= 4 is 34.1 Å². The van der Waals surface area contributed by atoms with Gasteiger partial charge in [0.15, 0.2) is 0 Å². The second-order valence-electron chi connectivity index (χ2n) is 3.92. The fourth-order valence-electron chi connectivity index (χ4n) is 1.66. The fraction of sp³-hybridized carbons (Fsp3) is 0.364. The van der Waals surface area contributed by atoms with Gasteiger partial charge >= 0.3 is 0 Å². The van der Waals surface area contributed by atoms with E-state index in [2.05, 4.69) is 10.6 Å². The summed E-state index contributed by atoms with van der Waals surface area (Å²) in [5, 5.41) is 5.92. The van der Waals surface area contributed by atoms with Crippen molar-refractivity contribution in [2.45, 2.75) is 6.92 Å². The fourth-order valence-corrected chi connectivity index (χ4v) is 2.58. The largest absolute Gasteiger partial charge is 0.353 e. The molecule has 1 saturated heterocycles. The van der Waals surface area contributed by atoms with E-state index in [9.17, 15) is 14.4 Å². The first-order chi connectivity index (χ1) is 8.56. The first-order valence-electron chi connectivity index (χ1n) is 5.49. The number of carbonyl (C=O) groups is 3. The third-order valence-electron chi connectivity index (χ3n) is 2.44. The lowest BCUT2D eigenvalue weighted by atomic mass is 10.3. The van der Waals surface area contributed by atoms with E-state index in [-0.39, 0.29) is 24.3 Å². The Morgan fingerprint density at radius 3 is 2.89 bits per heavy atom. The first-order valence-corrected chi connectivity index (χ1v) is 6.31. The Labute approximate surface area is 108 Å². The predicted molar refractivity (Wildman–Crippen MR) is 67.5 cm³/mol. The maximum absolute atomic E-state index is 12.1. The van der Waals surface area contributed by atoms with Crippen LogP contribution in [0, 0.1) is 0 Å². The molecule has 0 aromatic carbocycles. The van der Waals surface area contributed by atoms with Crippen LogP contribution >= 0.6 is 11.3 Å². The van der Waals surface area contributed by atoms with Crippen LogP contribution in [0.25, 0.3) is 0 Å². The number of hydrogen-bond acceptors (Lipinski definition) is 4. The molecule has 0 aliphatic carbocycles. The smallest absolute Gasteiger partial charge is 0.264 e. The average Bonchev–Trinajstić information content (AvgIpc) is 2.75. The Morgan fingerprint density at radius 2 is 2.22 bits per heavy atom. The number of rotatable bonds is 2. The number of carbonyl (C=O) groups excluding carboxylic acids is 3. The minimum Gasteiger partial charge on any atom is -0.353 e. The molecule has 0 saturated carbocycles. The van der Waals surface area contributed by atoms with E-state index in [0.29, 0.717) is 23.0 Å². The molecule has 0 radical (unpaired) electrons. The summed E-state index contributed by atoms with van der Waals surface area (Å²) in [5.41, 5.74) is 0. The second-order valence-corrected chi connectivity index (χ2v) is 5.01. The molecular weight excluding hydrogens is 254 g/mol. The average molecular weight is 267 g/mol. The maximum atomic E-state index is 12.1. The zero-order valence-electron chi connectivity index (χ0n) is 9.86. The third-order valence-corrected chi connectivity index (χ3v) is 3.43. The molecule has 2 rings (SSSR count). The standard InChI is InChI=1S/C11H13N3O3S/c1-7(15)13-10-3-2-8(18-10)11(17)14-5-4-12-9(16)6-14/h2-3H,4-6H2,1H3,(H,12,16)(H,13,15). The molecule has 1 aliphatic heterocycles. The van der Waals surface area contributed by atoms with E-state index in [4.69, 9.17) is 0 Å². The van der Waals surface area contributed by atoms with Crippen molar-refractivity contribution in [2.75, 3.05) is 25.0 Å². The van der Waals surface area contributed by atoms with E-state index in [1.807, 2.05) is 0 Å². The lowest BCUT2D eigenvalue weighted by Gasteiger charge is -2.26. The molecule has 7 heteroatoms. The van der Waals surface area contributed by atoms with Gasteiger partial charge in [-0.25, -0.2) is 0 Å². The summed E-state index contributed by atoms with van der Waals surface area (Å²) < 4.78 is 0. The van der Waals surface area contributed by atoms with Crippen LogP contribution < -0.4 is 10.6 Å². The summed E-state index contributed by atoms with van der Waals surface area (Å²) in [4.78, 5) is 36.2. The molecule has 1 fully saturated rings. The lowest BCUT2D eigenvalue weighted by molar-refractivity contribution is -0.123. The maximum Gasteiger partial charge on any atom is 0.264 e. The van der Waals surface area contributed by atoms with Crippen molar-refractivity contribution in [3.05, 3.63) is 17.0 Å². The first kappa shape index (κ1) is 12.6. The zero-order valence-corrected chi connectivity index (χ0v) is 10.7. The van der Waals surface area contributed by atoms with Gasteiger partial charge in [0.1, 0.15) is 0 Å². The van der Waals surface area contributed by atoms with E-state index >= 15 is 0 Å². The SMILES string of the molecule is CC(=O)Nc1ccc(C(=O)N2CCNC(=O)C2)s1. The van der Waals surface area contributed by atoms with Crippen molar-refractivity contribution in [1.29, 1.82) is 0 Å². The molecule has 0 atom stereocenters. The molecule has 1 aromatic rings. The molecule has 96 valence electrons. The molecule has 2 heterocycles. The summed E-state index contributed by atoms with van der Waals surface area (Å²) in [6.07, 6.45) is 0. The van der Waals surface area contributed by atoms with Gasteiger partial charge in [-0.05, 0) is 12.1 Å². The minimum absolute atomic E-state index is 0.0895. The highest BCUT2D eigenvalue weighted by atomic mass is 32.1. The minimum atomic E-state index is -0.175. The number of thiophene rings is 1. The Balaban J connectivity index is 2.06. The molecule has 18 heavy (non-hydrogen) atoms. The normalized spacial score (nSPS) is 15.2. The van der Waals surface area contributed by atoms with E-state index in [1.165, 1.54) is 23.2 Å². The van der Waals surface area contributed by atoms with Crippen LogP contribution in [0.15, 0.2) is 12.1 Å². The summed E-state index contributed by atoms with van der Waals surface area (Å²) in [6, 6.07) is 3.34. The van der Waals surface area contributed by atoms with Crippen LogP contribution in [0.1, 0.15) is 16.6 Å². The van der Waals surface area contributed by atoms with Crippen LogP contribution in [0.3, 0.4) is 0 Å². The number of amides is 3. The van der Waals surface area contributed by atoms with Crippen LogP contribution in [0.4, 0.5) is 5.00 Å². The summed E-state index contributed by atoms with van der Waals surface area (Å²) in [5.74, 6) is -0.493. The summed E-state index contributed by atoms with van der Waals surface area (Å²) in [6.45, 7) is 2.49. The number of nitrogens with one attached hydrogen (secondary N) is 2. The van der Waals surface area contributed by atoms with Gasteiger partial charge in [-0.1, -0.05) is 0 Å². The van der Waals surface area contributed by atoms with Crippen molar-refractivity contribution < 1.29 is 14.4 Å². The zero-order chi connectivity index (χ0) is 13.1. The summed E-state index contributed by atoms with van der Waals surface area (Å²) in [7, 11) is 0. The van der Waals surface area contributed by atoms with Crippen molar-refractivity contribution in [3.63, 3.8) is 0 Å². The highest BCUT2D eigenvalue weighted by molar-refractivity contribution is 7.18. The Morgan fingerprint density at radius 1 is 1.44 bits per heavy atom.